The van der Waals surface area contributed by atoms with Gasteiger partial charge in [0.05, 0.1) is 0 Å². The second kappa shape index (κ2) is 3.53. The number of amides is 1. The molecule has 0 bridgehead atoms. The van der Waals surface area contributed by atoms with Gasteiger partial charge in [-0.1, -0.05) is 0 Å². The van der Waals surface area contributed by atoms with Crippen molar-refractivity contribution >= 4 is 26.1 Å². The van der Waals surface area contributed by atoms with Gasteiger partial charge >= 0.3 is 71.3 Å². The topological polar surface area (TPSA) is 56.0 Å². The summed E-state index contributed by atoms with van der Waals surface area (Å²) in [5.41, 5.74) is 7.74. The van der Waals surface area contributed by atoms with Crippen molar-refractivity contribution in [2.24, 2.45) is 5.73 Å². The van der Waals surface area contributed by atoms with Gasteiger partial charge in [0.2, 0.25) is 0 Å². The molecule has 1 unspecified atom stereocenters. The Bertz CT molecular complexity index is 275. The number of carbonyl (C=O) groups is 1. The van der Waals surface area contributed by atoms with Crippen LogP contribution < -0.4 is 10.2 Å². The molecule has 0 aliphatic rings. The number of primary amides is 1. The third-order valence-electron chi connectivity index (χ3n) is 1.30. The molecule has 11 heavy (non-hydrogen) atoms. The minimum absolute atomic E-state index is 0.171. The van der Waals surface area contributed by atoms with Gasteiger partial charge in [0.15, 0.2) is 0 Å². The molecule has 0 spiro atoms. The van der Waals surface area contributed by atoms with Crippen LogP contribution in [0, 0.1) is 0 Å². The van der Waals surface area contributed by atoms with Crippen molar-refractivity contribution in [3.8, 4) is 0 Å². The van der Waals surface area contributed by atoms with E-state index in [-0.39, 0.29) is 21.7 Å². The van der Waals surface area contributed by atoms with E-state index < -0.39 is 0 Å². The number of hydrogen-bond donors (Lipinski definition) is 1. The van der Waals surface area contributed by atoms with Crippen molar-refractivity contribution in [3.63, 3.8) is 0 Å². The van der Waals surface area contributed by atoms with Crippen molar-refractivity contribution in [2.75, 3.05) is 0 Å². The van der Waals surface area contributed by atoms with Crippen molar-refractivity contribution in [3.05, 3.63) is 23.9 Å². The second-order valence-corrected chi connectivity index (χ2v) is 4.17. The molecule has 1 aromatic rings. The summed E-state index contributed by atoms with van der Waals surface area (Å²) in [6, 6.07) is 3.40. The Morgan fingerprint density at radius 1 is 1.73 bits per heavy atom. The second-order valence-electron chi connectivity index (χ2n) is 2.04. The van der Waals surface area contributed by atoms with E-state index in [9.17, 15) is 4.79 Å². The van der Waals surface area contributed by atoms with Gasteiger partial charge in [0.1, 0.15) is 0 Å². The maximum atomic E-state index is 10.7. The first kappa shape index (κ1) is 8.28. The molecule has 1 amide bonds. The average Bonchev–Trinajstić information content (AvgIpc) is 2.05. The first-order valence-electron chi connectivity index (χ1n) is 3.17. The Morgan fingerprint density at radius 3 is 3.00 bits per heavy atom. The minimum atomic E-state index is -0.381. The average molecular weight is 212 g/mol. The standard InChI is InChI=1S/C7H9AsN2O/c1-8-6-4-5(7(9)11)2-3-10-6/h2-4,8H,1H3,(H2,9,11). The molecule has 1 heterocycles. The number of aromatic nitrogens is 1. The molecule has 4 heteroatoms. The Hall–Kier alpha value is -0.822. The summed E-state index contributed by atoms with van der Waals surface area (Å²) in [6.45, 7) is 0. The fraction of sp³-hybridized carbons (Fsp3) is 0.143. The summed E-state index contributed by atoms with van der Waals surface area (Å²) >= 11 is -0.171. The number of carbonyl (C=O) groups excluding carboxylic acids is 1. The molecule has 58 valence electrons. The molecule has 1 rings (SSSR count). The van der Waals surface area contributed by atoms with E-state index in [4.69, 9.17) is 5.73 Å². The predicted molar refractivity (Wildman–Crippen MR) is 45.4 cm³/mol. The van der Waals surface area contributed by atoms with Gasteiger partial charge in [0.25, 0.3) is 0 Å². The van der Waals surface area contributed by atoms with Crippen LogP contribution in [0.15, 0.2) is 18.3 Å². The zero-order valence-corrected chi connectivity index (χ0v) is 8.26. The van der Waals surface area contributed by atoms with Crippen LogP contribution in [0.1, 0.15) is 10.4 Å². The third-order valence-corrected chi connectivity index (χ3v) is 2.95. The van der Waals surface area contributed by atoms with Gasteiger partial charge in [-0.15, -0.1) is 0 Å². The van der Waals surface area contributed by atoms with Gasteiger partial charge in [-0.25, -0.2) is 0 Å². The van der Waals surface area contributed by atoms with Crippen LogP contribution in [0.2, 0.25) is 5.71 Å². The van der Waals surface area contributed by atoms with E-state index in [1.807, 2.05) is 0 Å². The summed E-state index contributed by atoms with van der Waals surface area (Å²) in [5.74, 6) is -0.381. The molecule has 1 atom stereocenters. The first-order valence-corrected chi connectivity index (χ1v) is 6.32. The normalized spacial score (nSPS) is 10.6. The molecular formula is C7H9AsN2O. The van der Waals surface area contributed by atoms with Gasteiger partial charge in [-0.3, -0.25) is 0 Å². The summed E-state index contributed by atoms with van der Waals surface area (Å²) in [6.07, 6.45) is 1.63. The van der Waals surface area contributed by atoms with Gasteiger partial charge < -0.3 is 0 Å². The van der Waals surface area contributed by atoms with Crippen LogP contribution in [0.25, 0.3) is 0 Å². The number of nitrogens with zero attached hydrogens (tertiary/aromatic N) is 1. The number of pyridine rings is 1. The quantitative estimate of drug-likeness (QED) is 0.658. The molecule has 0 aliphatic heterocycles. The van der Waals surface area contributed by atoms with Gasteiger partial charge in [0, 0.05) is 0 Å². The zero-order valence-electron chi connectivity index (χ0n) is 6.16. The molecule has 0 radical (unpaired) electrons. The first-order chi connectivity index (χ1) is 5.24. The molecule has 0 aliphatic carbocycles. The zero-order chi connectivity index (χ0) is 8.27. The maximum absolute atomic E-state index is 10.7. The van der Waals surface area contributed by atoms with E-state index in [1.54, 1.807) is 18.3 Å². The van der Waals surface area contributed by atoms with E-state index >= 15 is 0 Å². The van der Waals surface area contributed by atoms with Crippen LogP contribution in [0.4, 0.5) is 0 Å². The van der Waals surface area contributed by atoms with Crippen molar-refractivity contribution in [1.29, 1.82) is 0 Å². The Kier molecular flexibility index (Phi) is 2.66. The Balaban J connectivity index is 3.01. The van der Waals surface area contributed by atoms with E-state index in [0.29, 0.717) is 5.56 Å². The SMILES string of the molecule is C[AsH]c1cc(C(N)=O)ccn1. The molecule has 1 aromatic heterocycles. The van der Waals surface area contributed by atoms with E-state index in [0.717, 1.165) is 4.48 Å². The van der Waals surface area contributed by atoms with E-state index in [1.165, 1.54) is 0 Å². The molecule has 0 aromatic carbocycles. The predicted octanol–water partition coefficient (Wildman–Crippen LogP) is -0.710. The summed E-state index contributed by atoms with van der Waals surface area (Å²) in [5, 5.41) is 0. The van der Waals surface area contributed by atoms with Crippen molar-refractivity contribution in [2.45, 2.75) is 5.71 Å². The molecule has 0 saturated heterocycles. The van der Waals surface area contributed by atoms with Crippen LogP contribution in [-0.2, 0) is 0 Å². The molecule has 2 N–H and O–H groups in total. The monoisotopic (exact) mass is 212 g/mol. The van der Waals surface area contributed by atoms with E-state index in [2.05, 4.69) is 10.7 Å². The molecule has 0 fully saturated rings. The summed E-state index contributed by atoms with van der Waals surface area (Å²) in [7, 11) is 0. The van der Waals surface area contributed by atoms with Crippen LogP contribution in [0.5, 0.6) is 0 Å². The van der Waals surface area contributed by atoms with Gasteiger partial charge in [-0.05, 0) is 0 Å². The van der Waals surface area contributed by atoms with Crippen LogP contribution >= 0.6 is 0 Å². The molecule has 3 nitrogen and oxygen atoms in total. The Labute approximate surface area is 71.7 Å². The van der Waals surface area contributed by atoms with Crippen molar-refractivity contribution < 1.29 is 4.79 Å². The molecular weight excluding hydrogens is 203 g/mol. The summed E-state index contributed by atoms with van der Waals surface area (Å²) < 4.78 is 1.02. The van der Waals surface area contributed by atoms with Crippen LogP contribution in [0.3, 0.4) is 0 Å². The third kappa shape index (κ3) is 2.05. The number of hydrogen-bond acceptors (Lipinski definition) is 2. The van der Waals surface area contributed by atoms with Crippen molar-refractivity contribution in [1.82, 2.24) is 4.98 Å². The molecule has 0 saturated carbocycles. The fourth-order valence-corrected chi connectivity index (χ4v) is 1.78. The number of nitrogens with two attached hydrogens (primary N) is 1. The summed E-state index contributed by atoms with van der Waals surface area (Å²) in [4.78, 5) is 14.8. The van der Waals surface area contributed by atoms with Gasteiger partial charge in [-0.2, -0.15) is 0 Å². The number of rotatable bonds is 2. The Morgan fingerprint density at radius 2 is 2.45 bits per heavy atom. The van der Waals surface area contributed by atoms with Crippen LogP contribution in [-0.4, -0.2) is 26.6 Å². The fourth-order valence-electron chi connectivity index (χ4n) is 0.721.